The Labute approximate surface area is 185 Å². The second-order valence-corrected chi connectivity index (χ2v) is 7.38. The van der Waals surface area contributed by atoms with E-state index in [4.69, 9.17) is 5.73 Å². The molecule has 0 bridgehead atoms. The number of hydrogen-bond acceptors (Lipinski definition) is 4. The fourth-order valence-corrected chi connectivity index (χ4v) is 3.37. The van der Waals surface area contributed by atoms with Gasteiger partial charge in [-0.3, -0.25) is 14.6 Å². The number of aromatic amines is 1. The van der Waals surface area contributed by atoms with Crippen molar-refractivity contribution in [2.45, 2.75) is 18.6 Å². The summed E-state index contributed by atoms with van der Waals surface area (Å²) in [5, 5.41) is 2.51. The molecular weight excluding hydrogens is 435 g/mol. The van der Waals surface area contributed by atoms with E-state index in [1.54, 1.807) is 36.7 Å². The van der Waals surface area contributed by atoms with Gasteiger partial charge in [-0.1, -0.05) is 18.2 Å². The molecule has 168 valence electrons. The highest BCUT2D eigenvalue weighted by molar-refractivity contribution is 6.00. The van der Waals surface area contributed by atoms with Crippen molar-refractivity contribution in [3.8, 4) is 11.4 Å². The van der Waals surface area contributed by atoms with Crippen molar-refractivity contribution < 1.29 is 22.8 Å². The number of H-pyrrole nitrogens is 1. The number of amides is 2. The van der Waals surface area contributed by atoms with E-state index in [9.17, 15) is 22.8 Å². The maximum atomic E-state index is 13.0. The number of primary amides is 1. The van der Waals surface area contributed by atoms with Crippen LogP contribution in [0.15, 0.2) is 67.0 Å². The van der Waals surface area contributed by atoms with Gasteiger partial charge in [-0.15, -0.1) is 0 Å². The fourth-order valence-electron chi connectivity index (χ4n) is 3.37. The van der Waals surface area contributed by atoms with E-state index in [1.165, 1.54) is 18.2 Å². The van der Waals surface area contributed by atoms with Crippen LogP contribution in [0, 0.1) is 0 Å². The van der Waals surface area contributed by atoms with Gasteiger partial charge >= 0.3 is 6.18 Å². The number of halogens is 3. The van der Waals surface area contributed by atoms with Gasteiger partial charge < -0.3 is 16.0 Å². The predicted molar refractivity (Wildman–Crippen MR) is 115 cm³/mol. The highest BCUT2D eigenvalue weighted by atomic mass is 19.4. The fraction of sp³-hybridized carbons (Fsp3) is 0.130. The molecule has 4 aromatic rings. The maximum Gasteiger partial charge on any atom is 0.416 e. The Kier molecular flexibility index (Phi) is 5.82. The van der Waals surface area contributed by atoms with Crippen molar-refractivity contribution in [3.05, 3.63) is 83.7 Å². The van der Waals surface area contributed by atoms with E-state index in [2.05, 4.69) is 20.3 Å². The Morgan fingerprint density at radius 2 is 1.82 bits per heavy atom. The molecule has 2 heterocycles. The second kappa shape index (κ2) is 8.73. The van der Waals surface area contributed by atoms with Crippen molar-refractivity contribution in [1.29, 1.82) is 0 Å². The average molecular weight is 453 g/mol. The molecular formula is C23H18F3N5O2. The van der Waals surface area contributed by atoms with Crippen molar-refractivity contribution in [3.63, 3.8) is 0 Å². The molecule has 4 rings (SSSR count). The van der Waals surface area contributed by atoms with Crippen LogP contribution in [0.3, 0.4) is 0 Å². The Balaban J connectivity index is 1.53. The Hall–Kier alpha value is -4.21. The van der Waals surface area contributed by atoms with E-state index in [0.717, 1.165) is 17.7 Å². The first-order valence-corrected chi connectivity index (χ1v) is 9.87. The smallest absolute Gasteiger partial charge is 0.368 e. The number of aromatic nitrogens is 3. The SMILES string of the molecule is NC(=O)[C@@H](Cc1cccc(C(F)(F)F)c1)NC(=O)c1ccc2nc(-c3ccncc3)[nH]c2c1. The lowest BCUT2D eigenvalue weighted by molar-refractivity contribution is -0.137. The number of carbonyl (C=O) groups excluding carboxylic acids is 2. The summed E-state index contributed by atoms with van der Waals surface area (Å²) in [6, 6.07) is 11.7. The third kappa shape index (κ3) is 5.00. The Bertz CT molecular complexity index is 1320. The molecule has 4 N–H and O–H groups in total. The van der Waals surface area contributed by atoms with Gasteiger partial charge in [0.15, 0.2) is 0 Å². The summed E-state index contributed by atoms with van der Waals surface area (Å²) in [6.45, 7) is 0. The Morgan fingerprint density at radius 1 is 1.06 bits per heavy atom. The molecule has 2 amide bonds. The van der Waals surface area contributed by atoms with Gasteiger partial charge in [-0.05, 0) is 42.0 Å². The lowest BCUT2D eigenvalue weighted by Crippen LogP contribution is -2.45. The minimum absolute atomic E-state index is 0.177. The monoisotopic (exact) mass is 453 g/mol. The van der Waals surface area contributed by atoms with Crippen LogP contribution in [0.25, 0.3) is 22.4 Å². The molecule has 0 radical (unpaired) electrons. The molecule has 2 aromatic carbocycles. The molecule has 1 atom stereocenters. The number of benzene rings is 2. The number of rotatable bonds is 6. The molecule has 33 heavy (non-hydrogen) atoms. The van der Waals surface area contributed by atoms with Crippen molar-refractivity contribution in [2.24, 2.45) is 5.73 Å². The lowest BCUT2D eigenvalue weighted by Gasteiger charge is -2.16. The minimum atomic E-state index is -4.52. The molecule has 2 aromatic heterocycles. The third-order valence-electron chi connectivity index (χ3n) is 5.04. The molecule has 7 nitrogen and oxygen atoms in total. The number of nitrogens with two attached hydrogens (primary N) is 1. The molecule has 0 aliphatic rings. The van der Waals surface area contributed by atoms with Gasteiger partial charge in [-0.25, -0.2) is 4.98 Å². The van der Waals surface area contributed by atoms with E-state index in [-0.39, 0.29) is 17.5 Å². The summed E-state index contributed by atoms with van der Waals surface area (Å²) in [4.78, 5) is 36.2. The van der Waals surface area contributed by atoms with E-state index in [1.807, 2.05) is 0 Å². The second-order valence-electron chi connectivity index (χ2n) is 7.38. The van der Waals surface area contributed by atoms with Gasteiger partial charge in [0.2, 0.25) is 5.91 Å². The van der Waals surface area contributed by atoms with Crippen LogP contribution in [-0.2, 0) is 17.4 Å². The van der Waals surface area contributed by atoms with Crippen LogP contribution in [0.1, 0.15) is 21.5 Å². The van der Waals surface area contributed by atoms with Crippen molar-refractivity contribution in [2.75, 3.05) is 0 Å². The highest BCUT2D eigenvalue weighted by Gasteiger charge is 2.31. The molecule has 0 fully saturated rings. The van der Waals surface area contributed by atoms with E-state index >= 15 is 0 Å². The first-order valence-electron chi connectivity index (χ1n) is 9.87. The number of imidazole rings is 1. The zero-order valence-electron chi connectivity index (χ0n) is 17.1. The zero-order chi connectivity index (χ0) is 23.6. The number of fused-ring (bicyclic) bond motifs is 1. The quantitative estimate of drug-likeness (QED) is 0.415. The summed E-state index contributed by atoms with van der Waals surface area (Å²) >= 11 is 0. The first kappa shape index (κ1) is 22.0. The largest absolute Gasteiger partial charge is 0.416 e. The number of alkyl halides is 3. The molecule has 0 saturated carbocycles. The summed E-state index contributed by atoms with van der Waals surface area (Å²) in [5.74, 6) is -0.847. The predicted octanol–water partition coefficient (Wildman–Crippen LogP) is 3.47. The van der Waals surface area contributed by atoms with Gasteiger partial charge in [0.1, 0.15) is 11.9 Å². The molecule has 0 aliphatic carbocycles. The van der Waals surface area contributed by atoms with Gasteiger partial charge in [0.05, 0.1) is 16.6 Å². The van der Waals surface area contributed by atoms with Crippen LogP contribution < -0.4 is 11.1 Å². The van der Waals surface area contributed by atoms with Crippen LogP contribution in [0.5, 0.6) is 0 Å². The van der Waals surface area contributed by atoms with Crippen LogP contribution in [0.4, 0.5) is 13.2 Å². The summed E-state index contributed by atoms with van der Waals surface area (Å²) in [6.07, 6.45) is -1.43. The van der Waals surface area contributed by atoms with E-state index < -0.39 is 29.6 Å². The first-order chi connectivity index (χ1) is 15.7. The van der Waals surface area contributed by atoms with E-state index in [0.29, 0.717) is 16.9 Å². The van der Waals surface area contributed by atoms with Gasteiger partial charge in [-0.2, -0.15) is 13.2 Å². The highest BCUT2D eigenvalue weighted by Crippen LogP contribution is 2.29. The summed E-state index contributed by atoms with van der Waals surface area (Å²) in [7, 11) is 0. The van der Waals surface area contributed by atoms with Crippen LogP contribution in [0.2, 0.25) is 0 Å². The summed E-state index contributed by atoms with van der Waals surface area (Å²) < 4.78 is 38.9. The van der Waals surface area contributed by atoms with Gasteiger partial charge in [0.25, 0.3) is 5.91 Å². The molecule has 0 saturated heterocycles. The Morgan fingerprint density at radius 3 is 2.52 bits per heavy atom. The zero-order valence-corrected chi connectivity index (χ0v) is 17.1. The number of nitrogens with one attached hydrogen (secondary N) is 2. The topological polar surface area (TPSA) is 114 Å². The van der Waals surface area contributed by atoms with Crippen molar-refractivity contribution >= 4 is 22.8 Å². The summed E-state index contributed by atoms with van der Waals surface area (Å²) in [5.41, 5.74) is 7.07. The third-order valence-corrected chi connectivity index (χ3v) is 5.04. The standard InChI is InChI=1S/C23H18F3N5O2/c24-23(25,26)16-3-1-2-13(10-16)11-19(20(27)32)31-22(33)15-4-5-17-18(12-15)30-21(29-17)14-6-8-28-9-7-14/h1-10,12,19H,11H2,(H2,27,32)(H,29,30)(H,31,33)/t19-/m1/s1. The number of nitrogens with zero attached hydrogens (tertiary/aromatic N) is 2. The molecule has 0 spiro atoms. The molecule has 0 aliphatic heterocycles. The van der Waals surface area contributed by atoms with Crippen LogP contribution in [-0.4, -0.2) is 32.8 Å². The molecule has 10 heteroatoms. The van der Waals surface area contributed by atoms with Crippen molar-refractivity contribution in [1.82, 2.24) is 20.3 Å². The molecule has 0 unspecified atom stereocenters. The van der Waals surface area contributed by atoms with Crippen LogP contribution >= 0.6 is 0 Å². The maximum absolute atomic E-state index is 13.0. The average Bonchev–Trinajstić information content (AvgIpc) is 3.22. The number of carbonyl (C=O) groups is 2. The normalized spacial score (nSPS) is 12.5. The minimum Gasteiger partial charge on any atom is -0.368 e. The lowest BCUT2D eigenvalue weighted by atomic mass is 10.0. The van der Waals surface area contributed by atoms with Gasteiger partial charge in [0, 0.05) is 29.9 Å². The number of hydrogen-bond donors (Lipinski definition) is 3. The number of pyridine rings is 1.